The van der Waals surface area contributed by atoms with Crippen molar-refractivity contribution in [2.45, 2.75) is 13.1 Å². The first-order valence-electron chi connectivity index (χ1n) is 8.23. The maximum atomic E-state index is 13.5. The molecule has 10 heteroatoms. The summed E-state index contributed by atoms with van der Waals surface area (Å²) in [7, 11) is 0. The Bertz CT molecular complexity index is 1210. The molecule has 0 aliphatic rings. The highest BCUT2D eigenvalue weighted by atomic mass is 19.4. The van der Waals surface area contributed by atoms with Crippen molar-refractivity contribution >= 4 is 22.7 Å². The van der Waals surface area contributed by atoms with Gasteiger partial charge in [0.1, 0.15) is 11.5 Å². The Balaban J connectivity index is 1.77. The maximum absolute atomic E-state index is 13.5. The zero-order valence-electron chi connectivity index (χ0n) is 14.7. The number of hydrogen-bond donors (Lipinski definition) is 1. The van der Waals surface area contributed by atoms with E-state index >= 15 is 0 Å². The topological polar surface area (TPSA) is 81.2 Å². The quantitative estimate of drug-likeness (QED) is 0.474. The second kappa shape index (κ2) is 6.73. The number of anilines is 1. The monoisotopic (exact) mass is 405 g/mol. The van der Waals surface area contributed by atoms with Crippen LogP contribution in [0.2, 0.25) is 0 Å². The number of alkyl halides is 3. The number of carbonyl (C=O) groups excluding carboxylic acids is 1. The molecule has 0 aliphatic carbocycles. The minimum Gasteiger partial charge on any atom is -0.463 e. The number of aryl methyl sites for hydroxylation is 1. The number of furan rings is 1. The van der Waals surface area contributed by atoms with E-state index in [-0.39, 0.29) is 22.7 Å². The van der Waals surface area contributed by atoms with Crippen LogP contribution >= 0.6 is 0 Å². The number of aromatic nitrogens is 2. The van der Waals surface area contributed by atoms with E-state index in [1.54, 1.807) is 19.1 Å². The van der Waals surface area contributed by atoms with E-state index < -0.39 is 23.5 Å². The van der Waals surface area contributed by atoms with Crippen molar-refractivity contribution in [1.29, 1.82) is 0 Å². The molecule has 4 aromatic rings. The van der Waals surface area contributed by atoms with Crippen molar-refractivity contribution in [2.75, 3.05) is 5.32 Å². The van der Waals surface area contributed by atoms with E-state index in [2.05, 4.69) is 15.5 Å². The van der Waals surface area contributed by atoms with Crippen LogP contribution in [0.5, 0.6) is 0 Å². The fourth-order valence-corrected chi connectivity index (χ4v) is 2.84. The van der Waals surface area contributed by atoms with Gasteiger partial charge in [0.25, 0.3) is 11.6 Å². The summed E-state index contributed by atoms with van der Waals surface area (Å²) in [6.45, 7) is 1.59. The molecule has 0 atom stereocenters. The van der Waals surface area contributed by atoms with Crippen LogP contribution in [0, 0.1) is 12.7 Å². The molecule has 1 aromatic carbocycles. The lowest BCUT2D eigenvalue weighted by atomic mass is 10.1. The van der Waals surface area contributed by atoms with Gasteiger partial charge in [-0.05, 0) is 43.3 Å². The van der Waals surface area contributed by atoms with Crippen LogP contribution in [-0.4, -0.2) is 16.0 Å². The molecule has 4 rings (SSSR count). The number of nitrogens with one attached hydrogen (secondary N) is 1. The molecule has 0 saturated heterocycles. The first kappa shape index (κ1) is 18.7. The van der Waals surface area contributed by atoms with Crippen LogP contribution in [-0.2, 0) is 6.18 Å². The van der Waals surface area contributed by atoms with Gasteiger partial charge in [0.2, 0.25) is 0 Å². The summed E-state index contributed by atoms with van der Waals surface area (Å²) < 4.78 is 62.7. The zero-order valence-corrected chi connectivity index (χ0v) is 14.7. The van der Waals surface area contributed by atoms with Crippen molar-refractivity contribution in [3.8, 4) is 11.5 Å². The number of pyridine rings is 1. The number of rotatable bonds is 3. The van der Waals surface area contributed by atoms with Crippen molar-refractivity contribution < 1.29 is 31.3 Å². The molecule has 0 radical (unpaired) electrons. The lowest BCUT2D eigenvalue weighted by Crippen LogP contribution is -2.15. The molecule has 29 heavy (non-hydrogen) atoms. The number of fused-ring (bicyclic) bond motifs is 1. The highest BCUT2D eigenvalue weighted by molar-refractivity contribution is 6.13. The minimum absolute atomic E-state index is 0.0663. The molecule has 0 aliphatic heterocycles. The molecule has 0 unspecified atom stereocenters. The molecule has 148 valence electrons. The number of halogens is 4. The van der Waals surface area contributed by atoms with E-state index in [1.807, 2.05) is 0 Å². The summed E-state index contributed by atoms with van der Waals surface area (Å²) in [5.41, 5.74) is -0.915. The Hall–Kier alpha value is -3.69. The number of nitrogens with zero attached hydrogens (tertiary/aromatic N) is 2. The molecule has 6 nitrogen and oxygen atoms in total. The highest BCUT2D eigenvalue weighted by Crippen LogP contribution is 2.33. The van der Waals surface area contributed by atoms with Crippen LogP contribution in [0.4, 0.5) is 23.2 Å². The molecule has 3 heterocycles. The summed E-state index contributed by atoms with van der Waals surface area (Å²) in [6, 6.07) is 6.86. The summed E-state index contributed by atoms with van der Waals surface area (Å²) in [4.78, 5) is 17.1. The SMILES string of the molecule is Cc1noc2nc(-c3ccco3)cc(C(=O)Nc3ccc(F)c(C(F)(F)F)c3)c12. The predicted octanol–water partition coefficient (Wildman–Crippen LogP) is 5.20. The average molecular weight is 405 g/mol. The van der Waals surface area contributed by atoms with Crippen LogP contribution in [0.1, 0.15) is 21.6 Å². The smallest absolute Gasteiger partial charge is 0.419 e. The molecule has 1 N–H and O–H groups in total. The van der Waals surface area contributed by atoms with Gasteiger partial charge in [-0.15, -0.1) is 0 Å². The van der Waals surface area contributed by atoms with Crippen molar-refractivity contribution in [3.05, 3.63) is 65.3 Å². The second-order valence-corrected chi connectivity index (χ2v) is 6.13. The maximum Gasteiger partial charge on any atom is 0.419 e. The fourth-order valence-electron chi connectivity index (χ4n) is 2.84. The molecule has 1 amide bonds. The van der Waals surface area contributed by atoms with E-state index in [1.165, 1.54) is 12.3 Å². The Morgan fingerprint density at radius 3 is 2.66 bits per heavy atom. The van der Waals surface area contributed by atoms with Crippen LogP contribution < -0.4 is 5.32 Å². The third kappa shape index (κ3) is 3.44. The molecule has 0 fully saturated rings. The summed E-state index contributed by atoms with van der Waals surface area (Å²) in [5.74, 6) is -1.82. The molecular formula is C19H11F4N3O3. The van der Waals surface area contributed by atoms with Gasteiger partial charge in [-0.25, -0.2) is 9.37 Å². The Labute approximate surface area is 160 Å². The lowest BCUT2D eigenvalue weighted by Gasteiger charge is -2.11. The fraction of sp³-hybridized carbons (Fsp3) is 0.105. The normalized spacial score (nSPS) is 11.8. The van der Waals surface area contributed by atoms with Gasteiger partial charge in [-0.1, -0.05) is 5.16 Å². The van der Waals surface area contributed by atoms with Crippen molar-refractivity contribution in [2.24, 2.45) is 0 Å². The third-order valence-corrected chi connectivity index (χ3v) is 4.16. The number of carbonyl (C=O) groups is 1. The second-order valence-electron chi connectivity index (χ2n) is 6.13. The van der Waals surface area contributed by atoms with Crippen LogP contribution in [0.3, 0.4) is 0 Å². The summed E-state index contributed by atoms with van der Waals surface area (Å²) in [5, 5.41) is 6.43. The number of hydrogen-bond acceptors (Lipinski definition) is 5. The molecule has 0 spiro atoms. The summed E-state index contributed by atoms with van der Waals surface area (Å²) in [6.07, 6.45) is -3.48. The first-order valence-corrected chi connectivity index (χ1v) is 8.23. The molecule has 0 saturated carbocycles. The van der Waals surface area contributed by atoms with Crippen LogP contribution in [0.25, 0.3) is 22.6 Å². The van der Waals surface area contributed by atoms with Crippen LogP contribution in [0.15, 0.2) is 51.6 Å². The average Bonchev–Trinajstić information content (AvgIpc) is 3.32. The highest BCUT2D eigenvalue weighted by Gasteiger charge is 2.34. The van der Waals surface area contributed by atoms with Gasteiger partial charge in [0, 0.05) is 5.69 Å². The van der Waals surface area contributed by atoms with E-state index in [9.17, 15) is 22.4 Å². The molecule has 0 bridgehead atoms. The molecule has 3 aromatic heterocycles. The van der Waals surface area contributed by atoms with Crippen molar-refractivity contribution in [3.63, 3.8) is 0 Å². The Kier molecular flexibility index (Phi) is 4.33. The number of benzene rings is 1. The van der Waals surface area contributed by atoms with Gasteiger partial charge in [-0.3, -0.25) is 4.79 Å². The van der Waals surface area contributed by atoms with Crippen molar-refractivity contribution in [1.82, 2.24) is 10.1 Å². The predicted molar refractivity (Wildman–Crippen MR) is 93.6 cm³/mol. The Morgan fingerprint density at radius 1 is 1.17 bits per heavy atom. The number of amides is 1. The first-order chi connectivity index (χ1) is 13.7. The van der Waals surface area contributed by atoms with E-state index in [4.69, 9.17) is 8.94 Å². The van der Waals surface area contributed by atoms with Gasteiger partial charge in [0.15, 0.2) is 5.76 Å². The molecular weight excluding hydrogens is 394 g/mol. The van der Waals surface area contributed by atoms with Gasteiger partial charge in [-0.2, -0.15) is 13.2 Å². The lowest BCUT2D eigenvalue weighted by molar-refractivity contribution is -0.139. The van der Waals surface area contributed by atoms with Gasteiger partial charge >= 0.3 is 6.18 Å². The van der Waals surface area contributed by atoms with Gasteiger partial charge < -0.3 is 14.3 Å². The van der Waals surface area contributed by atoms with E-state index in [0.29, 0.717) is 29.0 Å². The van der Waals surface area contributed by atoms with Gasteiger partial charge in [0.05, 0.1) is 28.5 Å². The largest absolute Gasteiger partial charge is 0.463 e. The summed E-state index contributed by atoms with van der Waals surface area (Å²) >= 11 is 0. The standard InChI is InChI=1S/C19H11F4N3O3/c1-9-16-11(8-14(15-3-2-6-28-15)25-18(16)29-26-9)17(27)24-10-4-5-13(20)12(7-10)19(21,22)23/h2-8H,1H3,(H,24,27). The Morgan fingerprint density at radius 2 is 1.97 bits per heavy atom. The minimum atomic E-state index is -4.90. The zero-order chi connectivity index (χ0) is 20.8. The third-order valence-electron chi connectivity index (χ3n) is 4.16. The van der Waals surface area contributed by atoms with E-state index in [0.717, 1.165) is 6.07 Å².